The molecule has 2 aromatic rings. The summed E-state index contributed by atoms with van der Waals surface area (Å²) in [6.45, 7) is 3.92. The number of ketones is 1. The minimum atomic E-state index is -3.51. The molecule has 0 saturated heterocycles. The van der Waals surface area contributed by atoms with Crippen LogP contribution in [-0.2, 0) is 14.8 Å². The van der Waals surface area contributed by atoms with E-state index in [1.807, 2.05) is 26.0 Å². The Bertz CT molecular complexity index is 919. The largest absolute Gasteiger partial charge is 0.326 e. The highest BCUT2D eigenvalue weighted by molar-refractivity contribution is 7.89. The molecule has 0 aliphatic carbocycles. The highest BCUT2D eigenvalue weighted by Crippen LogP contribution is 2.15. The standard InChI is InChI=1S/C19H22N2O4S/c1-13-4-5-15(12-14(13)2)18(22)10-11-19(23)21-16-6-8-17(9-7-16)26(24,25)20-3/h4-9,12,20H,10-11H2,1-3H3,(H,21,23). The van der Waals surface area contributed by atoms with Crippen molar-refractivity contribution in [3.63, 3.8) is 0 Å². The average Bonchev–Trinajstić information content (AvgIpc) is 2.62. The molecule has 0 aliphatic heterocycles. The van der Waals surface area contributed by atoms with Crippen LogP contribution in [0.1, 0.15) is 34.3 Å². The number of aryl methyl sites for hydroxylation is 2. The summed E-state index contributed by atoms with van der Waals surface area (Å²) in [5, 5.41) is 2.66. The zero-order chi connectivity index (χ0) is 19.3. The molecule has 0 unspecified atom stereocenters. The normalized spacial score (nSPS) is 11.2. The number of Topliss-reactive ketones (excluding diaryl/α,β-unsaturated/α-hetero) is 1. The molecule has 0 saturated carbocycles. The van der Waals surface area contributed by atoms with E-state index >= 15 is 0 Å². The summed E-state index contributed by atoms with van der Waals surface area (Å²) in [4.78, 5) is 24.3. The third-order valence-electron chi connectivity index (χ3n) is 4.13. The first kappa shape index (κ1) is 19.8. The van der Waals surface area contributed by atoms with E-state index < -0.39 is 10.0 Å². The monoisotopic (exact) mass is 374 g/mol. The lowest BCUT2D eigenvalue weighted by molar-refractivity contribution is -0.116. The van der Waals surface area contributed by atoms with Gasteiger partial charge in [0.05, 0.1) is 4.90 Å². The molecule has 2 rings (SSSR count). The summed E-state index contributed by atoms with van der Waals surface area (Å²) < 4.78 is 25.5. The van der Waals surface area contributed by atoms with Crippen molar-refractivity contribution >= 4 is 27.4 Å². The summed E-state index contributed by atoms with van der Waals surface area (Å²) in [7, 11) is -2.18. The Kier molecular flexibility index (Phi) is 6.28. The lowest BCUT2D eigenvalue weighted by Crippen LogP contribution is -2.18. The third kappa shape index (κ3) is 5.00. The molecule has 138 valence electrons. The number of sulfonamides is 1. The van der Waals surface area contributed by atoms with Crippen LogP contribution in [0.4, 0.5) is 5.69 Å². The second kappa shape index (κ2) is 8.25. The Morgan fingerprint density at radius 2 is 1.58 bits per heavy atom. The molecule has 0 fully saturated rings. The van der Waals surface area contributed by atoms with Crippen molar-refractivity contribution in [3.8, 4) is 0 Å². The Morgan fingerprint density at radius 1 is 0.923 bits per heavy atom. The number of rotatable bonds is 7. The Hall–Kier alpha value is -2.51. The van der Waals surface area contributed by atoms with E-state index in [0.717, 1.165) is 11.1 Å². The quantitative estimate of drug-likeness (QED) is 0.729. The van der Waals surface area contributed by atoms with Gasteiger partial charge in [-0.2, -0.15) is 0 Å². The molecule has 0 spiro atoms. The molecule has 0 radical (unpaired) electrons. The fourth-order valence-corrected chi connectivity index (χ4v) is 3.08. The van der Waals surface area contributed by atoms with E-state index in [2.05, 4.69) is 10.0 Å². The molecule has 2 N–H and O–H groups in total. The number of amides is 1. The van der Waals surface area contributed by atoms with E-state index in [0.29, 0.717) is 11.3 Å². The lowest BCUT2D eigenvalue weighted by atomic mass is 10.0. The maximum absolute atomic E-state index is 12.2. The summed E-state index contributed by atoms with van der Waals surface area (Å²) >= 11 is 0. The SMILES string of the molecule is CNS(=O)(=O)c1ccc(NC(=O)CCC(=O)c2ccc(C)c(C)c2)cc1. The van der Waals surface area contributed by atoms with Gasteiger partial charge in [-0.05, 0) is 62.4 Å². The number of carbonyl (C=O) groups is 2. The van der Waals surface area contributed by atoms with E-state index in [-0.39, 0.29) is 29.4 Å². The van der Waals surface area contributed by atoms with Gasteiger partial charge in [0.1, 0.15) is 0 Å². The summed E-state index contributed by atoms with van der Waals surface area (Å²) in [5.41, 5.74) is 3.23. The second-order valence-electron chi connectivity index (χ2n) is 6.00. The number of anilines is 1. The van der Waals surface area contributed by atoms with Crippen molar-refractivity contribution in [1.82, 2.24) is 4.72 Å². The van der Waals surface area contributed by atoms with E-state index in [1.54, 1.807) is 6.07 Å². The van der Waals surface area contributed by atoms with Gasteiger partial charge in [-0.15, -0.1) is 0 Å². The van der Waals surface area contributed by atoms with Crippen LogP contribution < -0.4 is 10.0 Å². The maximum Gasteiger partial charge on any atom is 0.240 e. The Balaban J connectivity index is 1.92. The Morgan fingerprint density at radius 3 is 2.15 bits per heavy atom. The van der Waals surface area contributed by atoms with Crippen LogP contribution in [0.25, 0.3) is 0 Å². The van der Waals surface area contributed by atoms with Crippen molar-refractivity contribution in [2.45, 2.75) is 31.6 Å². The van der Waals surface area contributed by atoms with Gasteiger partial charge in [0.2, 0.25) is 15.9 Å². The summed E-state index contributed by atoms with van der Waals surface area (Å²) in [6.07, 6.45) is 0.170. The predicted molar refractivity (Wildman–Crippen MR) is 101 cm³/mol. The predicted octanol–water partition coefficient (Wildman–Crippen LogP) is 2.81. The molecule has 2 aromatic carbocycles. The fraction of sp³-hybridized carbons (Fsp3) is 0.263. The number of carbonyl (C=O) groups excluding carboxylic acids is 2. The molecule has 26 heavy (non-hydrogen) atoms. The first-order valence-electron chi connectivity index (χ1n) is 8.17. The van der Waals surface area contributed by atoms with Crippen molar-refractivity contribution in [3.05, 3.63) is 59.2 Å². The second-order valence-corrected chi connectivity index (χ2v) is 7.89. The molecule has 0 aliphatic rings. The van der Waals surface area contributed by atoms with Crippen LogP contribution in [0.5, 0.6) is 0 Å². The topological polar surface area (TPSA) is 92.3 Å². The smallest absolute Gasteiger partial charge is 0.240 e. The summed E-state index contributed by atoms with van der Waals surface area (Å²) in [5.74, 6) is -0.384. The molecule has 6 nitrogen and oxygen atoms in total. The van der Waals surface area contributed by atoms with Gasteiger partial charge in [-0.3, -0.25) is 9.59 Å². The first-order valence-corrected chi connectivity index (χ1v) is 9.65. The van der Waals surface area contributed by atoms with Crippen molar-refractivity contribution < 1.29 is 18.0 Å². The number of hydrogen-bond donors (Lipinski definition) is 2. The molecule has 0 heterocycles. The minimum absolute atomic E-state index is 0.0579. The summed E-state index contributed by atoms with van der Waals surface area (Å²) in [6, 6.07) is 11.3. The van der Waals surface area contributed by atoms with Crippen LogP contribution in [0.3, 0.4) is 0 Å². The van der Waals surface area contributed by atoms with Crippen LogP contribution in [-0.4, -0.2) is 27.2 Å². The van der Waals surface area contributed by atoms with E-state index in [9.17, 15) is 18.0 Å². The number of nitrogens with one attached hydrogen (secondary N) is 2. The van der Waals surface area contributed by atoms with Crippen molar-refractivity contribution in [1.29, 1.82) is 0 Å². The van der Waals surface area contributed by atoms with Gasteiger partial charge in [-0.1, -0.05) is 12.1 Å². The zero-order valence-electron chi connectivity index (χ0n) is 15.0. The van der Waals surface area contributed by atoms with Crippen molar-refractivity contribution in [2.75, 3.05) is 12.4 Å². The van der Waals surface area contributed by atoms with E-state index in [4.69, 9.17) is 0 Å². The third-order valence-corrected chi connectivity index (χ3v) is 5.56. The van der Waals surface area contributed by atoms with E-state index in [1.165, 1.54) is 31.3 Å². The van der Waals surface area contributed by atoms with Gasteiger partial charge >= 0.3 is 0 Å². The Labute approximate surface area is 153 Å². The van der Waals surface area contributed by atoms with Gasteiger partial charge < -0.3 is 5.32 Å². The zero-order valence-corrected chi connectivity index (χ0v) is 15.8. The highest BCUT2D eigenvalue weighted by atomic mass is 32.2. The molecule has 0 aromatic heterocycles. The lowest BCUT2D eigenvalue weighted by Gasteiger charge is -2.07. The molecule has 0 atom stereocenters. The first-order chi connectivity index (χ1) is 12.2. The fourth-order valence-electron chi connectivity index (χ4n) is 2.35. The van der Waals surface area contributed by atoms with Crippen LogP contribution in [0, 0.1) is 13.8 Å². The van der Waals surface area contributed by atoms with Crippen LogP contribution >= 0.6 is 0 Å². The van der Waals surface area contributed by atoms with Gasteiger partial charge in [0.25, 0.3) is 0 Å². The number of hydrogen-bond acceptors (Lipinski definition) is 4. The molecular weight excluding hydrogens is 352 g/mol. The average molecular weight is 374 g/mol. The molecule has 1 amide bonds. The maximum atomic E-state index is 12.2. The van der Waals surface area contributed by atoms with Gasteiger partial charge in [0.15, 0.2) is 5.78 Å². The van der Waals surface area contributed by atoms with Crippen LogP contribution in [0.2, 0.25) is 0 Å². The molecule has 0 bridgehead atoms. The van der Waals surface area contributed by atoms with Gasteiger partial charge in [0, 0.05) is 24.1 Å². The molecule has 7 heteroatoms. The highest BCUT2D eigenvalue weighted by Gasteiger charge is 2.12. The molecular formula is C19H22N2O4S. The van der Waals surface area contributed by atoms with Crippen molar-refractivity contribution in [2.24, 2.45) is 0 Å². The van der Waals surface area contributed by atoms with Gasteiger partial charge in [-0.25, -0.2) is 13.1 Å². The van der Waals surface area contributed by atoms with Crippen LogP contribution in [0.15, 0.2) is 47.4 Å². The minimum Gasteiger partial charge on any atom is -0.326 e. The number of benzene rings is 2.